The summed E-state index contributed by atoms with van der Waals surface area (Å²) in [5.41, 5.74) is 1.35. The summed E-state index contributed by atoms with van der Waals surface area (Å²) in [4.78, 5) is 10.4. The first-order valence-electron chi connectivity index (χ1n) is 6.73. The van der Waals surface area contributed by atoms with Gasteiger partial charge in [0.1, 0.15) is 11.8 Å². The number of nitrogens with zero attached hydrogens (tertiary/aromatic N) is 2. The maximum Gasteiger partial charge on any atom is 0.332 e. The number of aromatic nitrogens is 1. The van der Waals surface area contributed by atoms with Gasteiger partial charge < -0.3 is 4.74 Å². The van der Waals surface area contributed by atoms with Crippen LogP contribution in [0, 0.1) is 24.0 Å². The Labute approximate surface area is 133 Å². The summed E-state index contributed by atoms with van der Waals surface area (Å²) in [6, 6.07) is 6.55. The molecule has 1 N–H and O–H groups in total. The highest BCUT2D eigenvalue weighted by molar-refractivity contribution is 6.28. The molecule has 0 spiro atoms. The van der Waals surface area contributed by atoms with Crippen molar-refractivity contribution >= 4 is 17.3 Å². The number of aryl methyl sites for hydroxylation is 2. The molecule has 2 rings (SSSR count). The van der Waals surface area contributed by atoms with E-state index in [9.17, 15) is 15.3 Å². The van der Waals surface area contributed by atoms with Crippen LogP contribution < -0.4 is 9.47 Å². The Morgan fingerprint density at radius 1 is 1.27 bits per heavy atom. The second kappa shape index (κ2) is 7.61. The minimum Gasteiger partial charge on any atom is -0.444 e. The largest absolute Gasteiger partial charge is 0.444 e. The fourth-order valence-electron chi connectivity index (χ4n) is 1.78. The number of nitro groups is 1. The van der Waals surface area contributed by atoms with E-state index in [0.29, 0.717) is 10.5 Å². The molecule has 0 aliphatic heterocycles. The molecule has 0 radical (unpaired) electrons. The Hall–Kier alpha value is -2.34. The predicted molar refractivity (Wildman–Crippen MR) is 82.8 cm³/mol. The number of halogens is 1. The van der Waals surface area contributed by atoms with Crippen LogP contribution >= 0.6 is 11.6 Å². The molecule has 118 valence electrons. The topological polar surface area (TPSA) is 76.5 Å². The van der Waals surface area contributed by atoms with Crippen LogP contribution in [-0.2, 0) is 0 Å². The summed E-state index contributed by atoms with van der Waals surface area (Å²) in [6.07, 6.45) is 1.06. The molecule has 0 amide bonds. The summed E-state index contributed by atoms with van der Waals surface area (Å²) in [7, 11) is 0. The SMILES string of the molecule is CC.Cc1cccc(C)c1Oc1c[n+](O)c(Cl)cc1[N+](=O)[O-]. The normalized spacial score (nSPS) is 9.68. The van der Waals surface area contributed by atoms with Crippen molar-refractivity contribution in [2.45, 2.75) is 27.7 Å². The molecule has 0 unspecified atom stereocenters. The van der Waals surface area contributed by atoms with Crippen LogP contribution in [0.1, 0.15) is 25.0 Å². The van der Waals surface area contributed by atoms with E-state index in [0.717, 1.165) is 23.4 Å². The third kappa shape index (κ3) is 3.85. The van der Waals surface area contributed by atoms with Crippen molar-refractivity contribution in [1.82, 2.24) is 0 Å². The van der Waals surface area contributed by atoms with Gasteiger partial charge in [-0.25, -0.2) is 0 Å². The fraction of sp³-hybridized carbons (Fsp3) is 0.267. The van der Waals surface area contributed by atoms with E-state index < -0.39 is 4.92 Å². The van der Waals surface area contributed by atoms with Gasteiger partial charge >= 0.3 is 10.8 Å². The lowest BCUT2D eigenvalue weighted by Gasteiger charge is -2.10. The van der Waals surface area contributed by atoms with Crippen LogP contribution in [0.15, 0.2) is 30.5 Å². The molecule has 0 aliphatic rings. The third-order valence-electron chi connectivity index (χ3n) is 2.78. The molecule has 1 aromatic heterocycles. The monoisotopic (exact) mass is 325 g/mol. The van der Waals surface area contributed by atoms with Crippen molar-refractivity contribution in [2.75, 3.05) is 0 Å². The number of rotatable bonds is 3. The van der Waals surface area contributed by atoms with Crippen LogP contribution in [0.3, 0.4) is 0 Å². The van der Waals surface area contributed by atoms with Crippen molar-refractivity contribution < 1.29 is 19.6 Å². The molecular formula is C15H18ClN2O4+. The van der Waals surface area contributed by atoms with E-state index in [1.54, 1.807) is 0 Å². The summed E-state index contributed by atoms with van der Waals surface area (Å²) < 4.78 is 6.15. The zero-order chi connectivity index (χ0) is 16.9. The lowest BCUT2D eigenvalue weighted by Crippen LogP contribution is -2.31. The van der Waals surface area contributed by atoms with Crippen LogP contribution in [0.4, 0.5) is 5.69 Å². The van der Waals surface area contributed by atoms with Gasteiger partial charge in [-0.2, -0.15) is 0 Å². The van der Waals surface area contributed by atoms with Gasteiger partial charge in [0.25, 0.3) is 11.9 Å². The minimum absolute atomic E-state index is 0.0840. The van der Waals surface area contributed by atoms with Crippen molar-refractivity contribution in [3.05, 3.63) is 56.9 Å². The van der Waals surface area contributed by atoms with Gasteiger partial charge in [0.15, 0.2) is 0 Å². The molecule has 1 aromatic carbocycles. The first-order chi connectivity index (χ1) is 10.4. The van der Waals surface area contributed by atoms with Gasteiger partial charge in [-0.3, -0.25) is 15.3 Å². The molecule has 7 heteroatoms. The van der Waals surface area contributed by atoms with Gasteiger partial charge in [-0.1, -0.05) is 32.0 Å². The van der Waals surface area contributed by atoms with Crippen molar-refractivity contribution in [3.63, 3.8) is 0 Å². The van der Waals surface area contributed by atoms with E-state index >= 15 is 0 Å². The minimum atomic E-state index is -0.616. The zero-order valence-electron chi connectivity index (χ0n) is 12.8. The molecule has 0 aliphatic carbocycles. The van der Waals surface area contributed by atoms with Crippen LogP contribution in [0.5, 0.6) is 11.5 Å². The van der Waals surface area contributed by atoms with Gasteiger partial charge in [-0.15, -0.1) is 0 Å². The van der Waals surface area contributed by atoms with Crippen LogP contribution in [-0.4, -0.2) is 10.1 Å². The summed E-state index contributed by atoms with van der Waals surface area (Å²) in [5, 5.41) is 20.4. The molecule has 0 bridgehead atoms. The highest BCUT2D eigenvalue weighted by Crippen LogP contribution is 2.34. The number of hydrogen-bond donors (Lipinski definition) is 1. The molecule has 1 heterocycles. The van der Waals surface area contributed by atoms with E-state index in [4.69, 9.17) is 16.3 Å². The van der Waals surface area contributed by atoms with E-state index in [2.05, 4.69) is 0 Å². The average molecular weight is 326 g/mol. The number of para-hydroxylation sites is 1. The van der Waals surface area contributed by atoms with E-state index in [1.165, 1.54) is 0 Å². The molecule has 22 heavy (non-hydrogen) atoms. The predicted octanol–water partition coefficient (Wildman–Crippen LogP) is 4.21. The fourth-order valence-corrected chi connectivity index (χ4v) is 1.93. The van der Waals surface area contributed by atoms with Crippen LogP contribution in [0.2, 0.25) is 5.15 Å². The van der Waals surface area contributed by atoms with Crippen molar-refractivity contribution in [1.29, 1.82) is 0 Å². The molecule has 0 atom stereocenters. The molecule has 0 saturated heterocycles. The highest BCUT2D eigenvalue weighted by atomic mass is 35.5. The first kappa shape index (κ1) is 17.7. The number of pyridine rings is 1. The van der Waals surface area contributed by atoms with Gasteiger partial charge in [-0.05, 0) is 36.6 Å². The lowest BCUT2D eigenvalue weighted by molar-refractivity contribution is -0.903. The summed E-state index contributed by atoms with van der Waals surface area (Å²) in [5.74, 6) is 0.428. The number of ether oxygens (including phenoxy) is 1. The maximum atomic E-state index is 11.0. The third-order valence-corrected chi connectivity index (χ3v) is 3.07. The smallest absolute Gasteiger partial charge is 0.332 e. The second-order valence-electron chi connectivity index (χ2n) is 4.27. The van der Waals surface area contributed by atoms with Crippen LogP contribution in [0.25, 0.3) is 0 Å². The zero-order valence-corrected chi connectivity index (χ0v) is 13.6. The summed E-state index contributed by atoms with van der Waals surface area (Å²) >= 11 is 5.65. The Morgan fingerprint density at radius 3 is 2.32 bits per heavy atom. The average Bonchev–Trinajstić information content (AvgIpc) is 2.48. The number of benzene rings is 1. The van der Waals surface area contributed by atoms with Gasteiger partial charge in [0, 0.05) is 4.73 Å². The first-order valence-corrected chi connectivity index (χ1v) is 7.11. The molecule has 6 nitrogen and oxygen atoms in total. The van der Waals surface area contributed by atoms with Gasteiger partial charge in [0.2, 0.25) is 0 Å². The lowest BCUT2D eigenvalue weighted by atomic mass is 10.1. The Kier molecular flexibility index (Phi) is 6.12. The summed E-state index contributed by atoms with van der Waals surface area (Å²) in [6.45, 7) is 7.66. The Morgan fingerprint density at radius 2 is 1.82 bits per heavy atom. The standard InChI is InChI=1S/C13H12ClN2O4.C2H6/c1-8-4-3-5-9(2)13(8)20-11-7-15(17)12(14)6-10(11)16(18)19;1-2/h3-7,17H,1-2H3;1-2H3/q+1;. The van der Waals surface area contributed by atoms with E-state index in [1.807, 2.05) is 45.9 Å². The molecule has 0 saturated carbocycles. The second-order valence-corrected chi connectivity index (χ2v) is 4.66. The quantitative estimate of drug-likeness (QED) is 0.301. The van der Waals surface area contributed by atoms with E-state index in [-0.39, 0.29) is 16.6 Å². The highest BCUT2D eigenvalue weighted by Gasteiger charge is 2.26. The molecule has 2 aromatic rings. The van der Waals surface area contributed by atoms with Crippen molar-refractivity contribution in [3.8, 4) is 11.5 Å². The van der Waals surface area contributed by atoms with Crippen molar-refractivity contribution in [2.24, 2.45) is 0 Å². The molecule has 0 fully saturated rings. The van der Waals surface area contributed by atoms with Gasteiger partial charge in [0.05, 0.1) is 4.92 Å². The molecular weight excluding hydrogens is 308 g/mol. The maximum absolute atomic E-state index is 11.0. The Balaban J connectivity index is 0.00000116. The Bertz CT molecular complexity index is 669. The number of hydrogen-bond acceptors (Lipinski definition) is 4.